The average Bonchev–Trinajstić information content (AvgIpc) is 2.96. The summed E-state index contributed by atoms with van der Waals surface area (Å²) in [5.74, 6) is 1.63. The van der Waals surface area contributed by atoms with Crippen molar-refractivity contribution in [2.24, 2.45) is 13.0 Å². The summed E-state index contributed by atoms with van der Waals surface area (Å²) in [6.45, 7) is 3.28. The number of ether oxygens (including phenoxy) is 1. The Morgan fingerprint density at radius 2 is 2.20 bits per heavy atom. The van der Waals surface area contributed by atoms with Gasteiger partial charge in [0.2, 0.25) is 0 Å². The van der Waals surface area contributed by atoms with Crippen molar-refractivity contribution in [1.82, 2.24) is 15.1 Å². The Morgan fingerprint density at radius 3 is 2.88 bits per heavy atom. The standard InChI is InChI=1S/C20H27N3O2/c1-3-17-13-19(23(2)22-17)20(24)21-14-16-8-5-9-18(12-16)25-11-10-15-6-4-7-15/h5,8-9,12-13,15H,3-4,6-7,10-11,14H2,1-2H3,(H,21,24). The van der Waals surface area contributed by atoms with E-state index in [4.69, 9.17) is 4.74 Å². The average molecular weight is 341 g/mol. The molecule has 1 saturated carbocycles. The number of aryl methyl sites for hydroxylation is 2. The molecule has 0 aliphatic heterocycles. The van der Waals surface area contributed by atoms with Gasteiger partial charge in [-0.2, -0.15) is 5.10 Å². The van der Waals surface area contributed by atoms with E-state index in [-0.39, 0.29) is 5.91 Å². The van der Waals surface area contributed by atoms with Crippen molar-refractivity contribution >= 4 is 5.91 Å². The first-order chi connectivity index (χ1) is 12.2. The lowest BCUT2D eigenvalue weighted by Gasteiger charge is -2.25. The number of hydrogen-bond donors (Lipinski definition) is 1. The van der Waals surface area contributed by atoms with E-state index in [0.717, 1.165) is 42.4 Å². The molecule has 5 heteroatoms. The Kier molecular flexibility index (Phi) is 5.74. The Hall–Kier alpha value is -2.30. The maximum Gasteiger partial charge on any atom is 0.269 e. The van der Waals surface area contributed by atoms with Gasteiger partial charge < -0.3 is 10.1 Å². The van der Waals surface area contributed by atoms with E-state index in [0.29, 0.717) is 12.2 Å². The van der Waals surface area contributed by atoms with Gasteiger partial charge in [-0.15, -0.1) is 0 Å². The molecule has 2 aromatic rings. The number of benzene rings is 1. The van der Waals surface area contributed by atoms with E-state index >= 15 is 0 Å². The maximum atomic E-state index is 12.3. The predicted octanol–water partition coefficient (Wildman–Crippen LogP) is 3.48. The highest BCUT2D eigenvalue weighted by molar-refractivity contribution is 5.92. The quantitative estimate of drug-likeness (QED) is 0.800. The van der Waals surface area contributed by atoms with Gasteiger partial charge in [0.05, 0.1) is 12.3 Å². The third-order valence-corrected chi connectivity index (χ3v) is 4.90. The molecule has 3 rings (SSSR count). The summed E-state index contributed by atoms with van der Waals surface area (Å²) in [4.78, 5) is 12.3. The first kappa shape index (κ1) is 17.5. The molecular weight excluding hydrogens is 314 g/mol. The predicted molar refractivity (Wildman–Crippen MR) is 97.7 cm³/mol. The highest BCUT2D eigenvalue weighted by atomic mass is 16.5. The molecule has 1 aromatic heterocycles. The molecule has 1 amide bonds. The second-order valence-corrected chi connectivity index (χ2v) is 6.76. The smallest absolute Gasteiger partial charge is 0.269 e. The van der Waals surface area contributed by atoms with E-state index in [1.54, 1.807) is 11.7 Å². The number of hydrogen-bond acceptors (Lipinski definition) is 3. The van der Waals surface area contributed by atoms with Crippen LogP contribution in [0.2, 0.25) is 0 Å². The summed E-state index contributed by atoms with van der Waals surface area (Å²) < 4.78 is 7.49. The number of carbonyl (C=O) groups excluding carboxylic acids is 1. The third-order valence-electron chi connectivity index (χ3n) is 4.90. The summed E-state index contributed by atoms with van der Waals surface area (Å²) in [6, 6.07) is 9.79. The molecule has 1 N–H and O–H groups in total. The van der Waals surface area contributed by atoms with Gasteiger partial charge in [-0.1, -0.05) is 38.3 Å². The van der Waals surface area contributed by atoms with Gasteiger partial charge in [0.25, 0.3) is 5.91 Å². The Morgan fingerprint density at radius 1 is 1.36 bits per heavy atom. The number of nitrogens with one attached hydrogen (secondary N) is 1. The van der Waals surface area contributed by atoms with Crippen molar-refractivity contribution < 1.29 is 9.53 Å². The zero-order chi connectivity index (χ0) is 17.6. The molecule has 134 valence electrons. The number of amides is 1. The number of aromatic nitrogens is 2. The van der Waals surface area contributed by atoms with Crippen LogP contribution in [0.5, 0.6) is 5.75 Å². The Labute approximate surface area is 149 Å². The van der Waals surface area contributed by atoms with Crippen molar-refractivity contribution in [2.45, 2.75) is 45.6 Å². The van der Waals surface area contributed by atoms with Gasteiger partial charge in [0.15, 0.2) is 0 Å². The third kappa shape index (κ3) is 4.62. The van der Waals surface area contributed by atoms with E-state index in [2.05, 4.69) is 10.4 Å². The lowest BCUT2D eigenvalue weighted by Crippen LogP contribution is -2.25. The molecular formula is C20H27N3O2. The van der Waals surface area contributed by atoms with Crippen molar-refractivity contribution in [3.8, 4) is 5.75 Å². The molecule has 0 radical (unpaired) electrons. The summed E-state index contributed by atoms with van der Waals surface area (Å²) in [6.07, 6.45) is 6.03. The fraction of sp³-hybridized carbons (Fsp3) is 0.500. The van der Waals surface area contributed by atoms with Crippen LogP contribution in [0.25, 0.3) is 0 Å². The van der Waals surface area contributed by atoms with Crippen molar-refractivity contribution in [1.29, 1.82) is 0 Å². The molecule has 1 aromatic carbocycles. The molecule has 1 aliphatic rings. The normalized spacial score (nSPS) is 14.2. The van der Waals surface area contributed by atoms with Gasteiger partial charge in [-0.3, -0.25) is 9.48 Å². The minimum Gasteiger partial charge on any atom is -0.494 e. The zero-order valence-electron chi connectivity index (χ0n) is 15.1. The Bertz CT molecular complexity index is 719. The Balaban J connectivity index is 1.50. The first-order valence-electron chi connectivity index (χ1n) is 9.18. The van der Waals surface area contributed by atoms with Gasteiger partial charge >= 0.3 is 0 Å². The summed E-state index contributed by atoms with van der Waals surface area (Å²) in [7, 11) is 1.80. The number of carbonyl (C=O) groups is 1. The van der Waals surface area contributed by atoms with E-state index < -0.39 is 0 Å². The fourth-order valence-electron chi connectivity index (χ4n) is 3.05. The van der Waals surface area contributed by atoms with Crippen molar-refractivity contribution in [3.63, 3.8) is 0 Å². The largest absolute Gasteiger partial charge is 0.494 e. The molecule has 1 heterocycles. The van der Waals surface area contributed by atoms with Crippen molar-refractivity contribution in [3.05, 3.63) is 47.3 Å². The molecule has 5 nitrogen and oxygen atoms in total. The van der Waals surface area contributed by atoms with Crippen LogP contribution in [0.3, 0.4) is 0 Å². The molecule has 1 fully saturated rings. The molecule has 0 atom stereocenters. The van der Waals surface area contributed by atoms with Crippen LogP contribution >= 0.6 is 0 Å². The molecule has 0 saturated heterocycles. The SMILES string of the molecule is CCc1cc(C(=O)NCc2cccc(OCCC3CCC3)c2)n(C)n1. The number of rotatable bonds is 8. The number of nitrogens with zero attached hydrogens (tertiary/aromatic N) is 2. The van der Waals surface area contributed by atoms with E-state index in [9.17, 15) is 4.79 Å². The van der Waals surface area contributed by atoms with Crippen LogP contribution in [-0.2, 0) is 20.0 Å². The lowest BCUT2D eigenvalue weighted by atomic mass is 9.83. The summed E-state index contributed by atoms with van der Waals surface area (Å²) >= 11 is 0. The van der Waals surface area contributed by atoms with Crippen molar-refractivity contribution in [2.75, 3.05) is 6.61 Å². The van der Waals surface area contributed by atoms with Crippen LogP contribution in [0.1, 0.15) is 54.4 Å². The van der Waals surface area contributed by atoms with Crippen LogP contribution in [0.15, 0.2) is 30.3 Å². The highest BCUT2D eigenvalue weighted by Gasteiger charge is 2.17. The van der Waals surface area contributed by atoms with Gasteiger partial charge in [0.1, 0.15) is 11.4 Å². The molecule has 0 unspecified atom stereocenters. The van der Waals surface area contributed by atoms with Gasteiger partial charge in [0, 0.05) is 13.6 Å². The molecule has 0 spiro atoms. The van der Waals surface area contributed by atoms with Gasteiger partial charge in [-0.25, -0.2) is 0 Å². The van der Waals surface area contributed by atoms with Gasteiger partial charge in [-0.05, 0) is 42.5 Å². The summed E-state index contributed by atoms with van der Waals surface area (Å²) in [5.41, 5.74) is 2.55. The summed E-state index contributed by atoms with van der Waals surface area (Å²) in [5, 5.41) is 7.27. The minimum absolute atomic E-state index is 0.106. The maximum absolute atomic E-state index is 12.3. The highest BCUT2D eigenvalue weighted by Crippen LogP contribution is 2.29. The van der Waals surface area contributed by atoms with Crippen LogP contribution < -0.4 is 10.1 Å². The second kappa shape index (κ2) is 8.19. The zero-order valence-corrected chi connectivity index (χ0v) is 15.1. The fourth-order valence-corrected chi connectivity index (χ4v) is 3.05. The monoisotopic (exact) mass is 341 g/mol. The van der Waals surface area contributed by atoms with E-state index in [1.807, 2.05) is 37.3 Å². The van der Waals surface area contributed by atoms with Crippen LogP contribution in [-0.4, -0.2) is 22.3 Å². The van der Waals surface area contributed by atoms with Crippen LogP contribution in [0, 0.1) is 5.92 Å². The molecule has 0 bridgehead atoms. The molecule has 1 aliphatic carbocycles. The minimum atomic E-state index is -0.106. The molecule has 25 heavy (non-hydrogen) atoms. The first-order valence-corrected chi connectivity index (χ1v) is 9.18. The second-order valence-electron chi connectivity index (χ2n) is 6.76. The van der Waals surface area contributed by atoms with Crippen LogP contribution in [0.4, 0.5) is 0 Å². The van der Waals surface area contributed by atoms with E-state index in [1.165, 1.54) is 19.3 Å². The topological polar surface area (TPSA) is 56.1 Å². The lowest BCUT2D eigenvalue weighted by molar-refractivity contribution is 0.0941.